The number of aromatic nitrogens is 2. The number of thioether (sulfide) groups is 1. The molecule has 2 heterocycles. The Morgan fingerprint density at radius 3 is 3.05 bits per heavy atom. The van der Waals surface area contributed by atoms with Gasteiger partial charge in [0.05, 0.1) is 11.4 Å². The second-order valence-electron chi connectivity index (χ2n) is 5.39. The number of hydrogen-bond donors (Lipinski definition) is 1. The van der Waals surface area contributed by atoms with Gasteiger partial charge in [0.1, 0.15) is 5.82 Å². The second kappa shape index (κ2) is 6.32. The van der Waals surface area contributed by atoms with Gasteiger partial charge in [-0.15, -0.1) is 0 Å². The Morgan fingerprint density at radius 1 is 1.38 bits per heavy atom. The van der Waals surface area contributed by atoms with Crippen LogP contribution in [0.25, 0.3) is 5.69 Å². The van der Waals surface area contributed by atoms with E-state index in [2.05, 4.69) is 24.6 Å². The van der Waals surface area contributed by atoms with Crippen molar-refractivity contribution < 1.29 is 0 Å². The molecule has 0 spiro atoms. The first-order valence-electron chi connectivity index (χ1n) is 7.31. The van der Waals surface area contributed by atoms with Crippen LogP contribution in [-0.4, -0.2) is 22.6 Å². The lowest BCUT2D eigenvalue weighted by Gasteiger charge is -2.12. The molecule has 0 atom stereocenters. The van der Waals surface area contributed by atoms with Gasteiger partial charge in [0, 0.05) is 22.9 Å². The van der Waals surface area contributed by atoms with Crippen molar-refractivity contribution >= 4 is 29.2 Å². The number of nitrogens with zero attached hydrogens (tertiary/aromatic N) is 2. The van der Waals surface area contributed by atoms with Crippen molar-refractivity contribution in [1.29, 1.82) is 0 Å². The van der Waals surface area contributed by atoms with Crippen LogP contribution in [0, 0.1) is 6.92 Å². The molecule has 1 aromatic carbocycles. The third kappa shape index (κ3) is 2.79. The summed E-state index contributed by atoms with van der Waals surface area (Å²) >= 11 is 8.10. The van der Waals surface area contributed by atoms with Crippen LogP contribution in [0.15, 0.2) is 18.2 Å². The lowest BCUT2D eigenvalue weighted by molar-refractivity contribution is 0.771. The Labute approximate surface area is 135 Å². The Bertz CT molecular complexity index is 651. The van der Waals surface area contributed by atoms with E-state index in [-0.39, 0.29) is 0 Å². The van der Waals surface area contributed by atoms with E-state index in [1.54, 1.807) is 0 Å². The monoisotopic (exact) mass is 321 g/mol. The molecule has 0 unspecified atom stereocenters. The Balaban J connectivity index is 2.16. The normalized spacial score (nSPS) is 14.4. The summed E-state index contributed by atoms with van der Waals surface area (Å²) in [5.74, 6) is 2.11. The molecule has 0 aliphatic carbocycles. The molecule has 1 N–H and O–H groups in total. The lowest BCUT2D eigenvalue weighted by atomic mass is 10.1. The second-order valence-corrected chi connectivity index (χ2v) is 6.66. The molecule has 3 nitrogen and oxygen atoms in total. The zero-order valence-electron chi connectivity index (χ0n) is 12.4. The van der Waals surface area contributed by atoms with Crippen molar-refractivity contribution in [1.82, 2.24) is 9.78 Å². The number of rotatable bonds is 3. The molecule has 0 saturated heterocycles. The standard InChI is InChI=1S/C16H20ClN3S/c1-11-13(17)7-5-8-15(11)20-16-12(6-3-4-9-18-16)14(19-20)10-21-2/h5,7-8,18H,3-4,6,9-10H2,1-2H3. The molecule has 21 heavy (non-hydrogen) atoms. The Kier molecular flexibility index (Phi) is 4.45. The van der Waals surface area contributed by atoms with Gasteiger partial charge in [0.15, 0.2) is 0 Å². The SMILES string of the molecule is CSCc1nn(-c2cccc(Cl)c2C)c2c1CCCCN2. The molecule has 112 valence electrons. The topological polar surface area (TPSA) is 29.9 Å². The molecule has 0 bridgehead atoms. The summed E-state index contributed by atoms with van der Waals surface area (Å²) in [7, 11) is 0. The molecule has 0 amide bonds. The highest BCUT2D eigenvalue weighted by Crippen LogP contribution is 2.32. The molecule has 0 radical (unpaired) electrons. The average Bonchev–Trinajstić information content (AvgIpc) is 2.66. The maximum atomic E-state index is 6.28. The van der Waals surface area contributed by atoms with Gasteiger partial charge in [-0.3, -0.25) is 0 Å². The molecule has 1 aliphatic rings. The third-order valence-electron chi connectivity index (χ3n) is 3.96. The van der Waals surface area contributed by atoms with E-state index in [0.717, 1.165) is 40.8 Å². The van der Waals surface area contributed by atoms with Gasteiger partial charge in [-0.25, -0.2) is 4.68 Å². The highest BCUT2D eigenvalue weighted by molar-refractivity contribution is 7.97. The summed E-state index contributed by atoms with van der Waals surface area (Å²) in [6.07, 6.45) is 5.67. The number of benzene rings is 1. The number of hydrogen-bond acceptors (Lipinski definition) is 3. The fraction of sp³-hybridized carbons (Fsp3) is 0.438. The summed E-state index contributed by atoms with van der Waals surface area (Å²) < 4.78 is 2.05. The third-order valence-corrected chi connectivity index (χ3v) is 4.93. The molecule has 3 rings (SSSR count). The fourth-order valence-corrected chi connectivity index (χ4v) is 3.50. The first-order valence-corrected chi connectivity index (χ1v) is 9.08. The van der Waals surface area contributed by atoms with E-state index >= 15 is 0 Å². The minimum absolute atomic E-state index is 0.789. The smallest absolute Gasteiger partial charge is 0.133 e. The van der Waals surface area contributed by atoms with Crippen LogP contribution in [0.4, 0.5) is 5.82 Å². The van der Waals surface area contributed by atoms with Crippen LogP contribution in [0.3, 0.4) is 0 Å². The van der Waals surface area contributed by atoms with Gasteiger partial charge < -0.3 is 5.32 Å². The van der Waals surface area contributed by atoms with Crippen molar-refractivity contribution in [3.8, 4) is 5.69 Å². The maximum Gasteiger partial charge on any atom is 0.133 e. The van der Waals surface area contributed by atoms with E-state index < -0.39 is 0 Å². The van der Waals surface area contributed by atoms with Gasteiger partial charge >= 0.3 is 0 Å². The number of anilines is 1. The number of fused-ring (bicyclic) bond motifs is 1. The van der Waals surface area contributed by atoms with Crippen LogP contribution in [0.5, 0.6) is 0 Å². The molecule has 2 aromatic rings. The van der Waals surface area contributed by atoms with Crippen LogP contribution in [0.2, 0.25) is 5.02 Å². The molecule has 0 fully saturated rings. The number of halogens is 1. The predicted octanol–water partition coefficient (Wildman–Crippen LogP) is 4.45. The summed E-state index contributed by atoms with van der Waals surface area (Å²) in [4.78, 5) is 0. The van der Waals surface area contributed by atoms with Crippen LogP contribution in [0.1, 0.15) is 29.7 Å². The summed E-state index contributed by atoms with van der Waals surface area (Å²) in [5.41, 5.74) is 4.72. The van der Waals surface area contributed by atoms with Crippen LogP contribution in [-0.2, 0) is 12.2 Å². The van der Waals surface area contributed by atoms with E-state index in [1.807, 2.05) is 28.6 Å². The molecule has 1 aromatic heterocycles. The van der Waals surface area contributed by atoms with Crippen molar-refractivity contribution in [3.63, 3.8) is 0 Å². The summed E-state index contributed by atoms with van der Waals surface area (Å²) in [6, 6.07) is 6.01. The predicted molar refractivity (Wildman–Crippen MR) is 92.0 cm³/mol. The highest BCUT2D eigenvalue weighted by atomic mass is 35.5. The van der Waals surface area contributed by atoms with Gasteiger partial charge in [-0.1, -0.05) is 17.7 Å². The molecule has 0 saturated carbocycles. The highest BCUT2D eigenvalue weighted by Gasteiger charge is 2.21. The lowest BCUT2D eigenvalue weighted by Crippen LogP contribution is -2.08. The fourth-order valence-electron chi connectivity index (χ4n) is 2.83. The van der Waals surface area contributed by atoms with E-state index in [9.17, 15) is 0 Å². The van der Waals surface area contributed by atoms with Gasteiger partial charge in [0.25, 0.3) is 0 Å². The first-order chi connectivity index (χ1) is 10.2. The summed E-state index contributed by atoms with van der Waals surface area (Å²) in [5, 5.41) is 9.22. The minimum Gasteiger partial charge on any atom is -0.370 e. The number of nitrogens with one attached hydrogen (secondary N) is 1. The first kappa shape index (κ1) is 14.8. The van der Waals surface area contributed by atoms with E-state index in [1.165, 1.54) is 24.1 Å². The van der Waals surface area contributed by atoms with Crippen molar-refractivity contribution in [2.45, 2.75) is 31.9 Å². The van der Waals surface area contributed by atoms with E-state index in [4.69, 9.17) is 16.7 Å². The zero-order valence-corrected chi connectivity index (χ0v) is 14.0. The molecule has 5 heteroatoms. The minimum atomic E-state index is 0.789. The molecule has 1 aliphatic heterocycles. The van der Waals surface area contributed by atoms with Gasteiger partial charge in [-0.05, 0) is 50.1 Å². The van der Waals surface area contributed by atoms with Crippen molar-refractivity contribution in [2.75, 3.05) is 18.1 Å². The largest absolute Gasteiger partial charge is 0.370 e. The average molecular weight is 322 g/mol. The molecular weight excluding hydrogens is 302 g/mol. The van der Waals surface area contributed by atoms with Gasteiger partial charge in [-0.2, -0.15) is 16.9 Å². The van der Waals surface area contributed by atoms with Gasteiger partial charge in [0.2, 0.25) is 0 Å². The van der Waals surface area contributed by atoms with Crippen LogP contribution >= 0.6 is 23.4 Å². The van der Waals surface area contributed by atoms with E-state index in [0.29, 0.717) is 0 Å². The zero-order chi connectivity index (χ0) is 14.8. The van der Waals surface area contributed by atoms with Crippen LogP contribution < -0.4 is 5.32 Å². The summed E-state index contributed by atoms with van der Waals surface area (Å²) in [6.45, 7) is 3.06. The Morgan fingerprint density at radius 2 is 2.24 bits per heavy atom. The quantitative estimate of drug-likeness (QED) is 0.906. The Hall–Kier alpha value is -1.13. The van der Waals surface area contributed by atoms with Crippen molar-refractivity contribution in [3.05, 3.63) is 40.0 Å². The maximum absolute atomic E-state index is 6.28. The van der Waals surface area contributed by atoms with Crippen molar-refractivity contribution in [2.24, 2.45) is 0 Å². The molecular formula is C16H20ClN3S.